The molecule has 1 unspecified atom stereocenters. The molecule has 0 radical (unpaired) electrons. The number of fused-ring (bicyclic) bond motifs is 1. The van der Waals surface area contributed by atoms with Crippen LogP contribution >= 0.6 is 0 Å². The number of nitrogens with zero attached hydrogens (tertiary/aromatic N) is 4. The minimum absolute atomic E-state index is 0.00440. The Labute approximate surface area is 453 Å². The van der Waals surface area contributed by atoms with E-state index in [9.17, 15) is 19.2 Å². The molecule has 0 aromatic heterocycles. The molecule has 3 aliphatic heterocycles. The van der Waals surface area contributed by atoms with Crippen molar-refractivity contribution in [2.45, 2.75) is 193 Å². The molecule has 2 aromatic carbocycles. The van der Waals surface area contributed by atoms with Crippen molar-refractivity contribution in [3.63, 3.8) is 0 Å². The smallest absolute Gasteiger partial charge is 0.412 e. The van der Waals surface area contributed by atoms with Crippen molar-refractivity contribution in [3.8, 4) is 0 Å². The van der Waals surface area contributed by atoms with E-state index in [2.05, 4.69) is 31.5 Å². The van der Waals surface area contributed by atoms with Gasteiger partial charge in [-0.05, 0) is 104 Å². The monoisotopic (exact) mass is 1080 g/mol. The van der Waals surface area contributed by atoms with Gasteiger partial charge in [0.1, 0.15) is 37.5 Å². The highest BCUT2D eigenvalue weighted by atomic mass is 28.3. The number of hydrogen-bond acceptors (Lipinski definition) is 14. The maximum atomic E-state index is 15.3. The van der Waals surface area contributed by atoms with Gasteiger partial charge >= 0.3 is 24.2 Å². The Balaban J connectivity index is 1.38. The molecule has 0 N–H and O–H groups in total. The molecule has 76 heavy (non-hydrogen) atoms. The number of rotatable bonds is 17. The molecule has 424 valence electrons. The molecule has 3 amide bonds. The van der Waals surface area contributed by atoms with E-state index in [-0.39, 0.29) is 69.8 Å². The molecule has 3 saturated heterocycles. The fraction of sp³-hybridized carbons (Fsp3) is 0.707. The predicted molar refractivity (Wildman–Crippen MR) is 291 cm³/mol. The minimum Gasteiger partial charge on any atom is -0.457 e. The van der Waals surface area contributed by atoms with Crippen molar-refractivity contribution in [1.82, 2.24) is 19.6 Å². The van der Waals surface area contributed by atoms with Gasteiger partial charge in [-0.3, -0.25) is 14.5 Å². The molecule has 4 aliphatic rings. The van der Waals surface area contributed by atoms with Crippen molar-refractivity contribution in [3.05, 3.63) is 71.8 Å². The van der Waals surface area contributed by atoms with E-state index >= 15 is 4.79 Å². The van der Waals surface area contributed by atoms with Gasteiger partial charge in [0.2, 0.25) is 0 Å². The summed E-state index contributed by atoms with van der Waals surface area (Å²) in [5.41, 5.74) is -2.82. The maximum Gasteiger partial charge on any atom is 0.412 e. The lowest BCUT2D eigenvalue weighted by molar-refractivity contribution is -0.284. The number of hydrogen-bond donors (Lipinski definition) is 0. The van der Waals surface area contributed by atoms with Crippen LogP contribution < -0.4 is 0 Å². The molecule has 6 rings (SSSR count). The number of benzene rings is 2. The molecule has 17 nitrogen and oxygen atoms in total. The van der Waals surface area contributed by atoms with Gasteiger partial charge in [-0.2, -0.15) is 0 Å². The Morgan fingerprint density at radius 2 is 1.47 bits per heavy atom. The zero-order valence-electron chi connectivity index (χ0n) is 48.2. The maximum absolute atomic E-state index is 15.3. The Bertz CT molecular complexity index is 2260. The van der Waals surface area contributed by atoms with Crippen LogP contribution in [-0.4, -0.2) is 165 Å². The van der Waals surface area contributed by atoms with E-state index < -0.39 is 97.3 Å². The van der Waals surface area contributed by atoms with Gasteiger partial charge in [0, 0.05) is 52.3 Å². The highest BCUT2D eigenvalue weighted by Crippen LogP contribution is 2.44. The van der Waals surface area contributed by atoms with Crippen molar-refractivity contribution < 1.29 is 61.9 Å². The first-order chi connectivity index (χ1) is 35.7. The quantitative estimate of drug-likeness (QED) is 0.0482. The Morgan fingerprint density at radius 3 is 2.03 bits per heavy atom. The summed E-state index contributed by atoms with van der Waals surface area (Å²) in [5, 5.41) is 0. The molecular weight excluding hydrogens is 989 g/mol. The third-order valence-electron chi connectivity index (χ3n) is 16.3. The van der Waals surface area contributed by atoms with E-state index in [1.54, 1.807) is 44.6 Å². The summed E-state index contributed by atoms with van der Waals surface area (Å²) < 4.78 is 51.7. The summed E-state index contributed by atoms with van der Waals surface area (Å²) in [6, 6.07) is 18.1. The Kier molecular flexibility index (Phi) is 20.3. The third-order valence-corrected chi connectivity index (χ3v) is 18.0. The number of ketones is 1. The van der Waals surface area contributed by atoms with Gasteiger partial charge in [-0.15, -0.1) is 0 Å². The first kappa shape index (κ1) is 60.6. The number of Topliss-reactive ketones (excluding diaryl/α,β-unsaturated/α-hetero) is 1. The molecule has 3 heterocycles. The van der Waals surface area contributed by atoms with Gasteiger partial charge < -0.3 is 52.6 Å². The molecular formula is C58H90N4O13Si. The van der Waals surface area contributed by atoms with Crippen LogP contribution in [0.15, 0.2) is 60.7 Å². The summed E-state index contributed by atoms with van der Waals surface area (Å²) in [7, 11) is 4.08. The Morgan fingerprint density at radius 1 is 0.868 bits per heavy atom. The van der Waals surface area contributed by atoms with Crippen LogP contribution in [0.1, 0.15) is 106 Å². The highest BCUT2D eigenvalue weighted by molar-refractivity contribution is 6.76. The molecule has 1 aliphatic carbocycles. The molecule has 18 heteroatoms. The number of carbonyl (C=O) groups excluding carboxylic acids is 5. The van der Waals surface area contributed by atoms with E-state index in [4.69, 9.17) is 37.9 Å². The largest absolute Gasteiger partial charge is 0.457 e. The lowest BCUT2D eigenvalue weighted by Crippen LogP contribution is -2.62. The lowest BCUT2D eigenvalue weighted by Gasteiger charge is -2.48. The zero-order valence-corrected chi connectivity index (χ0v) is 49.2. The molecule has 0 bridgehead atoms. The van der Waals surface area contributed by atoms with Crippen LogP contribution in [0.3, 0.4) is 0 Å². The third kappa shape index (κ3) is 14.5. The van der Waals surface area contributed by atoms with Crippen LogP contribution in [0.25, 0.3) is 0 Å². The topological polar surface area (TPSA) is 172 Å². The van der Waals surface area contributed by atoms with E-state index in [1.807, 2.05) is 102 Å². The van der Waals surface area contributed by atoms with E-state index in [0.29, 0.717) is 13.0 Å². The number of amides is 3. The molecule has 1 saturated carbocycles. The zero-order chi connectivity index (χ0) is 55.9. The summed E-state index contributed by atoms with van der Waals surface area (Å²) in [6.45, 7) is 23.8. The first-order valence-electron chi connectivity index (χ1n) is 27.5. The summed E-state index contributed by atoms with van der Waals surface area (Å²) >= 11 is 0. The van der Waals surface area contributed by atoms with Gasteiger partial charge in [0.15, 0.2) is 17.7 Å². The van der Waals surface area contributed by atoms with Crippen molar-refractivity contribution in [2.24, 2.45) is 23.2 Å². The minimum atomic E-state index is -1.74. The number of carbonyl (C=O) groups is 5. The molecule has 2 aromatic rings. The number of ether oxygens (including phenoxy) is 8. The predicted octanol–water partition coefficient (Wildman–Crippen LogP) is 9.77. The molecule has 12 atom stereocenters. The van der Waals surface area contributed by atoms with Crippen molar-refractivity contribution in [2.75, 3.05) is 47.6 Å². The van der Waals surface area contributed by atoms with Gasteiger partial charge in [0.05, 0.1) is 30.4 Å². The number of esters is 1. The van der Waals surface area contributed by atoms with Crippen LogP contribution in [0.4, 0.5) is 14.4 Å². The van der Waals surface area contributed by atoms with Gasteiger partial charge in [0.25, 0.3) is 0 Å². The van der Waals surface area contributed by atoms with Crippen molar-refractivity contribution >= 4 is 38.1 Å². The second-order valence-electron chi connectivity index (χ2n) is 24.4. The lowest BCUT2D eigenvalue weighted by atomic mass is 9.74. The normalized spacial score (nSPS) is 31.7. The second kappa shape index (κ2) is 25.5. The number of cyclic esters (lactones) is 1. The first-order valence-corrected chi connectivity index (χ1v) is 31.2. The van der Waals surface area contributed by atoms with Crippen LogP contribution in [0.2, 0.25) is 25.7 Å². The average Bonchev–Trinajstić information content (AvgIpc) is 4.19. The van der Waals surface area contributed by atoms with Crippen LogP contribution in [0.5, 0.6) is 0 Å². The van der Waals surface area contributed by atoms with Crippen molar-refractivity contribution in [1.29, 1.82) is 0 Å². The summed E-state index contributed by atoms with van der Waals surface area (Å²) in [5.74, 6) is -2.82. The average molecular weight is 1080 g/mol. The molecule has 0 spiro atoms. The van der Waals surface area contributed by atoms with Gasteiger partial charge in [-0.1, -0.05) is 108 Å². The standard InChI is InChI=1S/C58H90N4O13Si/c1-16-47-58(9)48(62(55(67)75-58)37-69-29-30-76(13,14)15)41(5)60(53(65)70-35-42-23-19-17-20-24-42)33-38(2)32-57(8,68-12)50(40(4)49(63)56(6,7)52(64)73-47)74-51-39(3)46(59(10)11)31-45(72-51)34-61(44-27-28-44)54(66)71-36-43-25-21-18-22-26-43/h17-26,38-41,44-48,50-51H,16,27-37H2,1-15H3/t38-,39-,40+,41-,45+,46?,47-,48-,50-,51+,57-,58-/m1/s1. The summed E-state index contributed by atoms with van der Waals surface area (Å²) in [6.07, 6.45) is -2.35. The second-order valence-corrected chi connectivity index (χ2v) is 30.0. The van der Waals surface area contributed by atoms with Gasteiger partial charge in [-0.25, -0.2) is 14.4 Å². The fourth-order valence-electron chi connectivity index (χ4n) is 11.6. The van der Waals surface area contributed by atoms with Crippen LogP contribution in [0, 0.1) is 23.2 Å². The highest BCUT2D eigenvalue weighted by Gasteiger charge is 2.61. The fourth-order valence-corrected chi connectivity index (χ4v) is 12.3. The van der Waals surface area contributed by atoms with E-state index in [0.717, 1.165) is 30.0 Å². The Hall–Kier alpha value is -4.59. The molecule has 4 fully saturated rings. The number of methoxy groups -OCH3 is 1. The summed E-state index contributed by atoms with van der Waals surface area (Å²) in [4.78, 5) is 80.1. The SMILES string of the molecule is CC[C@H]1OC(=O)C(C)(C)C(=O)[C@H](C)[C@@H](O[C@@H]2O[C@H](CN(C(=O)OCc3ccccc3)C3CC3)CC(N(C)C)[C@H]2C)[C@](C)(OC)C[C@@H](C)CN(C(=O)OCc2ccccc2)[C@H](C)[C@H]2N(COCC[Si](C)(C)C)C(=O)O[C@]12C. The van der Waals surface area contributed by atoms with Crippen LogP contribution in [-0.2, 0) is 60.7 Å². The van der Waals surface area contributed by atoms with E-state index in [1.165, 1.54) is 4.90 Å².